The van der Waals surface area contributed by atoms with E-state index in [1.807, 2.05) is 0 Å². The van der Waals surface area contributed by atoms with Gasteiger partial charge in [0.15, 0.2) is 0 Å². The number of hydrogen-bond donors (Lipinski definition) is 1. The van der Waals surface area contributed by atoms with Crippen molar-refractivity contribution in [3.63, 3.8) is 0 Å². The SMILES string of the molecule is CCC[C@H](N)C1CCC1. The molecule has 9 heavy (non-hydrogen) atoms. The third-order valence-corrected chi connectivity index (χ3v) is 2.38. The molecule has 1 rings (SSSR count). The maximum absolute atomic E-state index is 5.89. The van der Waals surface area contributed by atoms with Crippen LogP contribution in [0.1, 0.15) is 39.0 Å². The maximum Gasteiger partial charge on any atom is 0.00670 e. The van der Waals surface area contributed by atoms with Crippen LogP contribution in [0.4, 0.5) is 0 Å². The van der Waals surface area contributed by atoms with Crippen LogP contribution in [0.2, 0.25) is 0 Å². The molecular weight excluding hydrogens is 110 g/mol. The Bertz CT molecular complexity index is 76.6. The van der Waals surface area contributed by atoms with Gasteiger partial charge in [-0.2, -0.15) is 0 Å². The number of nitrogens with two attached hydrogens (primary N) is 1. The lowest BCUT2D eigenvalue weighted by molar-refractivity contribution is 0.252. The number of hydrogen-bond acceptors (Lipinski definition) is 1. The molecule has 1 atom stereocenters. The molecule has 1 saturated carbocycles. The summed E-state index contributed by atoms with van der Waals surface area (Å²) in [5.74, 6) is 0.880. The van der Waals surface area contributed by atoms with Crippen molar-refractivity contribution in [2.45, 2.75) is 45.1 Å². The zero-order chi connectivity index (χ0) is 6.69. The fourth-order valence-electron chi connectivity index (χ4n) is 1.44. The molecule has 0 saturated heterocycles. The summed E-state index contributed by atoms with van der Waals surface area (Å²) in [7, 11) is 0. The molecule has 1 aliphatic carbocycles. The van der Waals surface area contributed by atoms with E-state index < -0.39 is 0 Å². The molecule has 0 spiro atoms. The molecule has 0 amide bonds. The third kappa shape index (κ3) is 1.68. The van der Waals surface area contributed by atoms with Crippen molar-refractivity contribution in [1.29, 1.82) is 0 Å². The van der Waals surface area contributed by atoms with Gasteiger partial charge < -0.3 is 5.73 Å². The standard InChI is InChI=1S/C8H17N/c1-2-4-8(9)7-5-3-6-7/h7-8H,2-6,9H2,1H3/t8-/m0/s1. The average Bonchev–Trinajstić information content (AvgIpc) is 1.60. The van der Waals surface area contributed by atoms with E-state index >= 15 is 0 Å². The van der Waals surface area contributed by atoms with E-state index in [-0.39, 0.29) is 0 Å². The second kappa shape index (κ2) is 3.21. The van der Waals surface area contributed by atoms with Gasteiger partial charge in [-0.25, -0.2) is 0 Å². The maximum atomic E-state index is 5.89. The summed E-state index contributed by atoms with van der Waals surface area (Å²) in [4.78, 5) is 0. The van der Waals surface area contributed by atoms with Crippen molar-refractivity contribution in [2.24, 2.45) is 11.7 Å². The summed E-state index contributed by atoms with van der Waals surface area (Å²) in [6.07, 6.45) is 6.67. The van der Waals surface area contributed by atoms with Gasteiger partial charge in [0, 0.05) is 6.04 Å². The molecule has 0 aromatic rings. The Kier molecular flexibility index (Phi) is 2.52. The first-order valence-electron chi connectivity index (χ1n) is 4.10. The van der Waals surface area contributed by atoms with E-state index in [0.717, 1.165) is 5.92 Å². The highest BCUT2D eigenvalue weighted by Gasteiger charge is 2.22. The molecule has 1 fully saturated rings. The van der Waals surface area contributed by atoms with Gasteiger partial charge >= 0.3 is 0 Å². The van der Waals surface area contributed by atoms with Crippen LogP contribution < -0.4 is 5.73 Å². The molecule has 0 aromatic heterocycles. The van der Waals surface area contributed by atoms with Crippen molar-refractivity contribution in [1.82, 2.24) is 0 Å². The van der Waals surface area contributed by atoms with E-state index in [4.69, 9.17) is 5.73 Å². The second-order valence-electron chi connectivity index (χ2n) is 3.14. The Morgan fingerprint density at radius 1 is 1.56 bits per heavy atom. The van der Waals surface area contributed by atoms with Crippen molar-refractivity contribution in [2.75, 3.05) is 0 Å². The lowest BCUT2D eigenvalue weighted by atomic mass is 9.79. The quantitative estimate of drug-likeness (QED) is 0.615. The Morgan fingerprint density at radius 3 is 2.56 bits per heavy atom. The lowest BCUT2D eigenvalue weighted by Crippen LogP contribution is -2.34. The normalized spacial score (nSPS) is 23.3. The summed E-state index contributed by atoms with van der Waals surface area (Å²) >= 11 is 0. The minimum atomic E-state index is 0.517. The van der Waals surface area contributed by atoms with Gasteiger partial charge in [-0.1, -0.05) is 19.8 Å². The molecule has 0 aliphatic heterocycles. The predicted molar refractivity (Wildman–Crippen MR) is 40.2 cm³/mol. The summed E-state index contributed by atoms with van der Waals surface area (Å²) in [6.45, 7) is 2.21. The smallest absolute Gasteiger partial charge is 0.00670 e. The molecule has 1 heteroatoms. The zero-order valence-electron chi connectivity index (χ0n) is 6.27. The molecule has 0 heterocycles. The van der Waals surface area contributed by atoms with Crippen LogP contribution in [-0.2, 0) is 0 Å². The van der Waals surface area contributed by atoms with E-state index in [2.05, 4.69) is 6.92 Å². The molecule has 0 unspecified atom stereocenters. The Labute approximate surface area is 57.6 Å². The van der Waals surface area contributed by atoms with Gasteiger partial charge in [0.1, 0.15) is 0 Å². The fraction of sp³-hybridized carbons (Fsp3) is 1.00. The molecule has 1 aliphatic rings. The molecule has 0 bridgehead atoms. The van der Waals surface area contributed by atoms with Crippen LogP contribution in [0, 0.1) is 5.92 Å². The van der Waals surface area contributed by atoms with Crippen molar-refractivity contribution in [3.8, 4) is 0 Å². The van der Waals surface area contributed by atoms with E-state index in [1.54, 1.807) is 0 Å². The highest BCUT2D eigenvalue weighted by Crippen LogP contribution is 2.29. The van der Waals surface area contributed by atoms with Crippen LogP contribution in [0.3, 0.4) is 0 Å². The van der Waals surface area contributed by atoms with Gasteiger partial charge in [-0.15, -0.1) is 0 Å². The van der Waals surface area contributed by atoms with Crippen LogP contribution >= 0.6 is 0 Å². The van der Waals surface area contributed by atoms with Gasteiger partial charge in [-0.05, 0) is 25.2 Å². The third-order valence-electron chi connectivity index (χ3n) is 2.38. The summed E-state index contributed by atoms with van der Waals surface area (Å²) < 4.78 is 0. The lowest BCUT2D eigenvalue weighted by Gasteiger charge is -2.30. The summed E-state index contributed by atoms with van der Waals surface area (Å²) in [5.41, 5.74) is 5.89. The van der Waals surface area contributed by atoms with E-state index in [0.29, 0.717) is 6.04 Å². The zero-order valence-corrected chi connectivity index (χ0v) is 6.27. The second-order valence-corrected chi connectivity index (χ2v) is 3.14. The summed E-state index contributed by atoms with van der Waals surface area (Å²) in [6, 6.07) is 0.517. The fourth-order valence-corrected chi connectivity index (χ4v) is 1.44. The van der Waals surface area contributed by atoms with Gasteiger partial charge in [0.2, 0.25) is 0 Å². The molecule has 2 N–H and O–H groups in total. The average molecular weight is 127 g/mol. The Hall–Kier alpha value is -0.0400. The summed E-state index contributed by atoms with van der Waals surface area (Å²) in [5, 5.41) is 0. The van der Waals surface area contributed by atoms with Gasteiger partial charge in [-0.3, -0.25) is 0 Å². The topological polar surface area (TPSA) is 26.0 Å². The highest BCUT2D eigenvalue weighted by molar-refractivity contribution is 4.79. The largest absolute Gasteiger partial charge is 0.327 e. The van der Waals surface area contributed by atoms with Crippen molar-refractivity contribution in [3.05, 3.63) is 0 Å². The molecule has 0 radical (unpaired) electrons. The van der Waals surface area contributed by atoms with Gasteiger partial charge in [0.05, 0.1) is 0 Å². The number of rotatable bonds is 3. The van der Waals surface area contributed by atoms with Crippen molar-refractivity contribution >= 4 is 0 Å². The van der Waals surface area contributed by atoms with Crippen LogP contribution in [0.25, 0.3) is 0 Å². The molecular formula is C8H17N. The Morgan fingerprint density at radius 2 is 2.22 bits per heavy atom. The molecule has 0 aromatic carbocycles. The van der Waals surface area contributed by atoms with E-state index in [9.17, 15) is 0 Å². The Balaban J connectivity index is 2.08. The first-order chi connectivity index (χ1) is 4.34. The van der Waals surface area contributed by atoms with Crippen LogP contribution in [0.5, 0.6) is 0 Å². The predicted octanol–water partition coefficient (Wildman–Crippen LogP) is 1.91. The minimum Gasteiger partial charge on any atom is -0.327 e. The monoisotopic (exact) mass is 127 g/mol. The molecule has 54 valence electrons. The first kappa shape index (κ1) is 7.07. The van der Waals surface area contributed by atoms with Crippen LogP contribution in [-0.4, -0.2) is 6.04 Å². The van der Waals surface area contributed by atoms with Gasteiger partial charge in [0.25, 0.3) is 0 Å². The minimum absolute atomic E-state index is 0.517. The highest BCUT2D eigenvalue weighted by atomic mass is 14.7. The van der Waals surface area contributed by atoms with Crippen LogP contribution in [0.15, 0.2) is 0 Å². The molecule has 1 nitrogen and oxygen atoms in total. The van der Waals surface area contributed by atoms with Crippen molar-refractivity contribution < 1.29 is 0 Å². The van der Waals surface area contributed by atoms with E-state index in [1.165, 1.54) is 32.1 Å². The first-order valence-corrected chi connectivity index (χ1v) is 4.10.